The average molecular weight is 474 g/mol. The highest BCUT2D eigenvalue weighted by Crippen LogP contribution is 2.31. The molecule has 0 saturated carbocycles. The molecule has 10 heteroatoms. The number of fused-ring (bicyclic) bond motifs is 3. The topological polar surface area (TPSA) is 101 Å². The number of hydrogen-bond donors (Lipinski definition) is 2. The Bertz CT molecular complexity index is 1500. The molecule has 0 saturated heterocycles. The maximum absolute atomic E-state index is 14.5. The number of nitrogens with zero attached hydrogens (tertiary/aromatic N) is 4. The molecule has 0 fully saturated rings. The summed E-state index contributed by atoms with van der Waals surface area (Å²) in [5.74, 6) is -1.66. The Labute approximate surface area is 199 Å². The van der Waals surface area contributed by atoms with Crippen molar-refractivity contribution in [3.8, 4) is 0 Å². The summed E-state index contributed by atoms with van der Waals surface area (Å²) in [5, 5.41) is 0. The van der Waals surface area contributed by atoms with Gasteiger partial charge in [0.25, 0.3) is 5.91 Å². The number of rotatable bonds is 5. The predicted molar refractivity (Wildman–Crippen MR) is 124 cm³/mol. The zero-order chi connectivity index (χ0) is 24.7. The van der Waals surface area contributed by atoms with Crippen LogP contribution in [0.2, 0.25) is 0 Å². The molecule has 4 aromatic rings. The van der Waals surface area contributed by atoms with Crippen molar-refractivity contribution < 1.29 is 18.3 Å². The highest BCUT2D eigenvalue weighted by atomic mass is 19.1. The fraction of sp³-hybridized carbons (Fsp3) is 0.200. The largest absolute Gasteiger partial charge is 0.383 e. The van der Waals surface area contributed by atoms with Crippen LogP contribution in [0.4, 0.5) is 20.3 Å². The number of hydrogen-bond acceptors (Lipinski definition) is 5. The van der Waals surface area contributed by atoms with Crippen molar-refractivity contribution >= 4 is 28.4 Å². The molecule has 8 nitrogen and oxygen atoms in total. The molecule has 0 radical (unpaired) electrons. The molecule has 5 rings (SSSR count). The summed E-state index contributed by atoms with van der Waals surface area (Å²) < 4.78 is 34.5. The van der Waals surface area contributed by atoms with E-state index in [4.69, 9.17) is 17.0 Å². The van der Waals surface area contributed by atoms with Crippen LogP contribution in [0.25, 0.3) is 15.9 Å². The predicted octanol–water partition coefficient (Wildman–Crippen LogP) is 4.55. The number of nitrogens with two attached hydrogens (primary N) is 1. The highest BCUT2D eigenvalue weighted by molar-refractivity contribution is 5.98. The van der Waals surface area contributed by atoms with Crippen molar-refractivity contribution in [1.82, 2.24) is 19.9 Å². The summed E-state index contributed by atoms with van der Waals surface area (Å²) >= 11 is 0. The number of aromatic amines is 1. The van der Waals surface area contributed by atoms with Crippen LogP contribution in [0.1, 0.15) is 38.4 Å². The maximum atomic E-state index is 14.5. The SMILES string of the molecule is [C-]#[N+]c1cnc(CN(Cc2c(F)cccc2F)C(=O)c2cc3nc(N)c4c(c3[nH]2)COC4)c(C)c1. The first-order chi connectivity index (χ1) is 16.9. The van der Waals surface area contributed by atoms with Crippen LogP contribution in [0, 0.1) is 25.1 Å². The van der Waals surface area contributed by atoms with E-state index in [9.17, 15) is 13.6 Å². The van der Waals surface area contributed by atoms with Gasteiger partial charge in [-0.1, -0.05) is 12.1 Å². The minimum Gasteiger partial charge on any atom is -0.383 e. The van der Waals surface area contributed by atoms with Crippen LogP contribution in [-0.2, 0) is 31.0 Å². The van der Waals surface area contributed by atoms with E-state index in [-0.39, 0.29) is 24.3 Å². The first-order valence-corrected chi connectivity index (χ1v) is 10.8. The molecule has 4 heterocycles. The number of aryl methyl sites for hydroxylation is 1. The lowest BCUT2D eigenvalue weighted by molar-refractivity contribution is 0.0719. The van der Waals surface area contributed by atoms with Gasteiger partial charge in [0.05, 0.1) is 49.6 Å². The lowest BCUT2D eigenvalue weighted by Crippen LogP contribution is -2.31. The number of amides is 1. The summed E-state index contributed by atoms with van der Waals surface area (Å²) in [7, 11) is 0. The zero-order valence-electron chi connectivity index (χ0n) is 18.7. The number of carbonyl (C=O) groups excluding carboxylic acids is 1. The fourth-order valence-corrected chi connectivity index (χ4v) is 4.20. The van der Waals surface area contributed by atoms with Crippen molar-refractivity contribution in [2.75, 3.05) is 5.73 Å². The van der Waals surface area contributed by atoms with Crippen LogP contribution < -0.4 is 5.73 Å². The van der Waals surface area contributed by atoms with Gasteiger partial charge in [-0.05, 0) is 30.7 Å². The average Bonchev–Trinajstić information content (AvgIpc) is 3.49. The van der Waals surface area contributed by atoms with Crippen molar-refractivity contribution in [2.24, 2.45) is 0 Å². The van der Waals surface area contributed by atoms with Crippen LogP contribution in [0.15, 0.2) is 36.5 Å². The number of H-pyrrole nitrogens is 1. The molecule has 1 aliphatic rings. The molecular weight excluding hydrogens is 454 g/mol. The molecule has 35 heavy (non-hydrogen) atoms. The number of nitrogens with one attached hydrogen (secondary N) is 1. The third-order valence-corrected chi connectivity index (χ3v) is 6.08. The summed E-state index contributed by atoms with van der Waals surface area (Å²) in [5.41, 5.74) is 10.3. The van der Waals surface area contributed by atoms with Gasteiger partial charge in [0, 0.05) is 22.9 Å². The van der Waals surface area contributed by atoms with E-state index in [1.165, 1.54) is 17.2 Å². The van der Waals surface area contributed by atoms with Gasteiger partial charge in [0.2, 0.25) is 5.69 Å². The molecule has 1 aliphatic heterocycles. The maximum Gasteiger partial charge on any atom is 0.271 e. The first kappa shape index (κ1) is 22.4. The normalized spacial score (nSPS) is 12.5. The fourth-order valence-electron chi connectivity index (χ4n) is 4.20. The molecule has 0 bridgehead atoms. The van der Waals surface area contributed by atoms with Crippen molar-refractivity contribution in [3.05, 3.63) is 93.2 Å². The van der Waals surface area contributed by atoms with Crippen LogP contribution in [0.5, 0.6) is 0 Å². The second-order valence-corrected chi connectivity index (χ2v) is 8.32. The van der Waals surface area contributed by atoms with Gasteiger partial charge < -0.3 is 20.4 Å². The number of benzene rings is 1. The van der Waals surface area contributed by atoms with Gasteiger partial charge in [-0.2, -0.15) is 0 Å². The van der Waals surface area contributed by atoms with Crippen LogP contribution in [-0.4, -0.2) is 25.8 Å². The van der Waals surface area contributed by atoms with Crippen molar-refractivity contribution in [1.29, 1.82) is 0 Å². The molecule has 176 valence electrons. The Kier molecular flexibility index (Phi) is 5.62. The molecule has 3 aromatic heterocycles. The summed E-state index contributed by atoms with van der Waals surface area (Å²) in [4.78, 5) is 30.1. The Morgan fingerprint density at radius 1 is 1.23 bits per heavy atom. The van der Waals surface area contributed by atoms with Gasteiger partial charge in [-0.3, -0.25) is 9.78 Å². The van der Waals surface area contributed by atoms with Crippen molar-refractivity contribution in [3.63, 3.8) is 0 Å². The van der Waals surface area contributed by atoms with E-state index < -0.39 is 17.5 Å². The van der Waals surface area contributed by atoms with Gasteiger partial charge >= 0.3 is 0 Å². The number of pyridine rings is 2. The number of aromatic nitrogens is 3. The third-order valence-electron chi connectivity index (χ3n) is 6.08. The molecule has 0 unspecified atom stereocenters. The van der Waals surface area contributed by atoms with E-state index in [1.807, 2.05) is 0 Å². The molecule has 0 spiro atoms. The molecule has 0 aliphatic carbocycles. The second-order valence-electron chi connectivity index (χ2n) is 8.32. The van der Waals surface area contributed by atoms with E-state index in [2.05, 4.69) is 19.8 Å². The standard InChI is InChI=1S/C25H20F2N6O2/c1-13-6-14(29-2)8-30-22(13)10-33(9-15-18(26)4-3-5-19(15)27)25(34)21-7-20-23(31-21)16-11-35-12-17(16)24(28)32-20/h3-8,31H,9-12H2,1H3,(H2,28,32). The molecule has 1 aromatic carbocycles. The van der Waals surface area contributed by atoms with Gasteiger partial charge in [0.15, 0.2) is 0 Å². The minimum absolute atomic E-state index is 0.0249. The van der Waals surface area contributed by atoms with Crippen LogP contribution in [0.3, 0.4) is 0 Å². The number of nitrogen functional groups attached to an aromatic ring is 1. The third kappa shape index (κ3) is 4.06. The number of ether oxygens (including phenoxy) is 1. The smallest absolute Gasteiger partial charge is 0.271 e. The molecular formula is C25H20F2N6O2. The number of anilines is 1. The first-order valence-electron chi connectivity index (χ1n) is 10.8. The lowest BCUT2D eigenvalue weighted by Gasteiger charge is -2.23. The van der Waals surface area contributed by atoms with Crippen LogP contribution >= 0.6 is 0 Å². The number of carbonyl (C=O) groups is 1. The van der Waals surface area contributed by atoms with E-state index in [0.29, 0.717) is 47.0 Å². The van der Waals surface area contributed by atoms with Crippen molar-refractivity contribution in [2.45, 2.75) is 33.2 Å². The zero-order valence-corrected chi connectivity index (χ0v) is 18.7. The number of halogens is 2. The van der Waals surface area contributed by atoms with Gasteiger partial charge in [-0.25, -0.2) is 18.6 Å². The quantitative estimate of drug-likeness (QED) is 0.413. The summed E-state index contributed by atoms with van der Waals surface area (Å²) in [6.07, 6.45) is 1.40. The van der Waals surface area contributed by atoms with E-state index in [0.717, 1.165) is 23.3 Å². The summed E-state index contributed by atoms with van der Waals surface area (Å²) in [6.45, 7) is 9.26. The second kappa shape index (κ2) is 8.77. The Morgan fingerprint density at radius 3 is 2.69 bits per heavy atom. The monoisotopic (exact) mass is 474 g/mol. The van der Waals surface area contributed by atoms with Gasteiger partial charge in [0.1, 0.15) is 23.1 Å². The molecule has 0 atom stereocenters. The molecule has 1 amide bonds. The summed E-state index contributed by atoms with van der Waals surface area (Å²) in [6, 6.07) is 6.79. The van der Waals surface area contributed by atoms with E-state index >= 15 is 0 Å². The van der Waals surface area contributed by atoms with E-state index in [1.54, 1.807) is 19.1 Å². The minimum atomic E-state index is -0.753. The highest BCUT2D eigenvalue weighted by Gasteiger charge is 2.26. The molecule has 3 N–H and O–H groups in total. The Morgan fingerprint density at radius 2 is 1.97 bits per heavy atom. The lowest BCUT2D eigenvalue weighted by atomic mass is 10.1. The van der Waals surface area contributed by atoms with Gasteiger partial charge in [-0.15, -0.1) is 0 Å². The Balaban J connectivity index is 1.55. The Hall–Kier alpha value is -4.36.